The lowest BCUT2D eigenvalue weighted by Crippen LogP contribution is -2.07. The molecule has 2 rings (SSSR count). The van der Waals surface area contributed by atoms with Crippen LogP contribution in [0.25, 0.3) is 0 Å². The molecule has 8 heteroatoms. The molecule has 0 fully saturated rings. The number of rotatable bonds is 3. The van der Waals surface area contributed by atoms with Crippen molar-refractivity contribution < 1.29 is 9.53 Å². The summed E-state index contributed by atoms with van der Waals surface area (Å²) in [5.41, 5.74) is 0.102. The topological polar surface area (TPSA) is 84.1 Å². The van der Waals surface area contributed by atoms with Gasteiger partial charge in [-0.15, -0.1) is 5.10 Å². The van der Waals surface area contributed by atoms with E-state index in [9.17, 15) is 9.59 Å². The van der Waals surface area contributed by atoms with Crippen molar-refractivity contribution in [2.75, 3.05) is 5.32 Å². The van der Waals surface area contributed by atoms with E-state index in [0.717, 1.165) is 0 Å². The quantitative estimate of drug-likeness (QED) is 0.912. The van der Waals surface area contributed by atoms with Gasteiger partial charge in [0.05, 0.1) is 10.0 Å². The van der Waals surface area contributed by atoms with Crippen LogP contribution >= 0.6 is 23.2 Å². The summed E-state index contributed by atoms with van der Waals surface area (Å²) in [5.74, 6) is 0.0794. The fourth-order valence-corrected chi connectivity index (χ4v) is 1.99. The van der Waals surface area contributed by atoms with Gasteiger partial charge in [0.1, 0.15) is 0 Å². The van der Waals surface area contributed by atoms with Crippen LogP contribution in [0, 0.1) is 0 Å². The van der Waals surface area contributed by atoms with Gasteiger partial charge in [0.25, 0.3) is 5.56 Å². The molecule has 0 bridgehead atoms. The van der Waals surface area contributed by atoms with E-state index in [1.165, 1.54) is 31.2 Å². The van der Waals surface area contributed by atoms with E-state index in [1.807, 2.05) is 0 Å². The summed E-state index contributed by atoms with van der Waals surface area (Å²) in [6.45, 7) is 1.37. The molecule has 0 aliphatic heterocycles. The minimum absolute atomic E-state index is 0.140. The van der Waals surface area contributed by atoms with Crippen LogP contribution in [0.1, 0.15) is 6.92 Å². The van der Waals surface area contributed by atoms with Gasteiger partial charge in [0, 0.05) is 24.7 Å². The maximum absolute atomic E-state index is 11.0. The average Bonchev–Trinajstić information content (AvgIpc) is 2.35. The number of carbonyl (C=O) groups excluding carboxylic acids is 1. The molecule has 0 atom stereocenters. The maximum atomic E-state index is 11.0. The number of nitrogens with one attached hydrogen (secondary N) is 2. The van der Waals surface area contributed by atoms with Crippen LogP contribution in [0.3, 0.4) is 0 Å². The number of ether oxygens (including phenoxy) is 1. The highest BCUT2D eigenvalue weighted by Gasteiger charge is 2.12. The lowest BCUT2D eigenvalue weighted by atomic mass is 10.3. The minimum atomic E-state index is -0.351. The lowest BCUT2D eigenvalue weighted by Gasteiger charge is -2.10. The number of hydrogen-bond acceptors (Lipinski definition) is 4. The Morgan fingerprint density at radius 2 is 1.95 bits per heavy atom. The van der Waals surface area contributed by atoms with Crippen molar-refractivity contribution in [1.82, 2.24) is 10.2 Å². The van der Waals surface area contributed by atoms with E-state index in [-0.39, 0.29) is 33.1 Å². The highest BCUT2D eigenvalue weighted by Crippen LogP contribution is 2.38. The Morgan fingerprint density at radius 1 is 1.30 bits per heavy atom. The Labute approximate surface area is 123 Å². The Hall–Kier alpha value is -2.05. The number of anilines is 1. The smallest absolute Gasteiger partial charge is 0.264 e. The number of hydrogen-bond donors (Lipinski definition) is 2. The third kappa shape index (κ3) is 3.49. The highest BCUT2D eigenvalue weighted by molar-refractivity contribution is 6.37. The van der Waals surface area contributed by atoms with Gasteiger partial charge in [-0.3, -0.25) is 9.59 Å². The number of aromatic nitrogens is 2. The predicted molar refractivity (Wildman–Crippen MR) is 75.7 cm³/mol. The molecular formula is C12H9Cl2N3O3. The van der Waals surface area contributed by atoms with Gasteiger partial charge in [-0.05, 0) is 12.1 Å². The normalized spacial score (nSPS) is 10.2. The van der Waals surface area contributed by atoms with Crippen molar-refractivity contribution in [3.63, 3.8) is 0 Å². The zero-order chi connectivity index (χ0) is 14.7. The maximum Gasteiger partial charge on any atom is 0.264 e. The summed E-state index contributed by atoms with van der Waals surface area (Å²) >= 11 is 12.1. The summed E-state index contributed by atoms with van der Waals surface area (Å²) in [6, 6.07) is 5.63. The van der Waals surface area contributed by atoms with E-state index < -0.39 is 0 Å². The number of nitrogens with zero attached hydrogens (tertiary/aromatic N) is 1. The highest BCUT2D eigenvalue weighted by atomic mass is 35.5. The summed E-state index contributed by atoms with van der Waals surface area (Å²) in [5, 5.41) is 8.87. The van der Waals surface area contributed by atoms with Crippen molar-refractivity contribution in [2.24, 2.45) is 0 Å². The number of amides is 1. The standard InChI is InChI=1S/C12H9Cl2N3O3/c1-6(18)15-7-4-8(13)12(9(14)5-7)20-11-3-2-10(19)16-17-11/h2-5H,1H3,(H,15,18)(H,16,19). The molecule has 0 saturated carbocycles. The summed E-state index contributed by atoms with van der Waals surface area (Å²) in [6.07, 6.45) is 0. The molecule has 0 aliphatic carbocycles. The minimum Gasteiger partial charge on any atom is -0.434 e. The summed E-state index contributed by atoms with van der Waals surface area (Å²) < 4.78 is 5.40. The summed E-state index contributed by atoms with van der Waals surface area (Å²) in [7, 11) is 0. The van der Waals surface area contributed by atoms with Crippen LogP contribution in [-0.4, -0.2) is 16.1 Å². The first-order valence-corrected chi connectivity index (χ1v) is 6.21. The zero-order valence-electron chi connectivity index (χ0n) is 10.2. The van der Waals surface area contributed by atoms with E-state index in [1.54, 1.807) is 0 Å². The van der Waals surface area contributed by atoms with E-state index >= 15 is 0 Å². The monoisotopic (exact) mass is 313 g/mol. The molecule has 0 spiro atoms. The average molecular weight is 314 g/mol. The largest absolute Gasteiger partial charge is 0.434 e. The van der Waals surface area contributed by atoms with Gasteiger partial charge in [-0.25, -0.2) is 5.10 Å². The molecule has 0 unspecified atom stereocenters. The number of carbonyl (C=O) groups is 1. The van der Waals surface area contributed by atoms with Crippen molar-refractivity contribution in [3.05, 3.63) is 44.7 Å². The number of halogens is 2. The molecule has 1 aromatic heterocycles. The molecule has 104 valence electrons. The summed E-state index contributed by atoms with van der Waals surface area (Å²) in [4.78, 5) is 21.9. The van der Waals surface area contributed by atoms with Crippen LogP contribution in [0.15, 0.2) is 29.1 Å². The van der Waals surface area contributed by atoms with E-state index in [2.05, 4.69) is 15.5 Å². The van der Waals surface area contributed by atoms with Crippen LogP contribution in [0.4, 0.5) is 5.69 Å². The predicted octanol–water partition coefficient (Wildman–Crippen LogP) is 2.83. The first kappa shape index (κ1) is 14.4. The SMILES string of the molecule is CC(=O)Nc1cc(Cl)c(Oc2ccc(=O)[nH]n2)c(Cl)c1. The van der Waals surface area contributed by atoms with Crippen molar-refractivity contribution >= 4 is 34.8 Å². The second-order valence-corrected chi connectivity index (χ2v) is 4.63. The fraction of sp³-hybridized carbons (Fsp3) is 0.0833. The van der Waals surface area contributed by atoms with Crippen LogP contribution in [0.2, 0.25) is 10.0 Å². The van der Waals surface area contributed by atoms with Crippen molar-refractivity contribution in [3.8, 4) is 11.6 Å². The number of H-pyrrole nitrogens is 1. The molecule has 2 N–H and O–H groups in total. The first-order chi connectivity index (χ1) is 9.45. The van der Waals surface area contributed by atoms with Crippen LogP contribution in [-0.2, 0) is 4.79 Å². The Balaban J connectivity index is 2.30. The van der Waals surface area contributed by atoms with Crippen LogP contribution in [0.5, 0.6) is 11.6 Å². The van der Waals surface area contributed by atoms with E-state index in [0.29, 0.717) is 5.69 Å². The molecule has 0 radical (unpaired) electrons. The van der Waals surface area contributed by atoms with Crippen LogP contribution < -0.4 is 15.6 Å². The lowest BCUT2D eigenvalue weighted by molar-refractivity contribution is -0.114. The zero-order valence-corrected chi connectivity index (χ0v) is 11.7. The molecule has 1 aromatic carbocycles. The number of benzene rings is 1. The van der Waals surface area contributed by atoms with Gasteiger partial charge in [0.2, 0.25) is 11.8 Å². The van der Waals surface area contributed by atoms with Gasteiger partial charge >= 0.3 is 0 Å². The van der Waals surface area contributed by atoms with Gasteiger partial charge in [-0.1, -0.05) is 23.2 Å². The fourth-order valence-electron chi connectivity index (χ4n) is 1.43. The molecule has 2 aromatic rings. The van der Waals surface area contributed by atoms with E-state index in [4.69, 9.17) is 27.9 Å². The molecule has 0 saturated heterocycles. The van der Waals surface area contributed by atoms with Gasteiger partial charge in [0.15, 0.2) is 5.75 Å². The third-order valence-corrected chi connectivity index (χ3v) is 2.74. The number of aromatic amines is 1. The first-order valence-electron chi connectivity index (χ1n) is 5.46. The third-order valence-electron chi connectivity index (χ3n) is 2.18. The van der Waals surface area contributed by atoms with Gasteiger partial charge in [-0.2, -0.15) is 0 Å². The Morgan fingerprint density at radius 3 is 2.45 bits per heavy atom. The van der Waals surface area contributed by atoms with Gasteiger partial charge < -0.3 is 10.1 Å². The molecule has 1 heterocycles. The molecule has 0 aliphatic rings. The Bertz CT molecular complexity index is 672. The second-order valence-electron chi connectivity index (χ2n) is 3.81. The molecular weight excluding hydrogens is 305 g/mol. The van der Waals surface area contributed by atoms with Crippen molar-refractivity contribution in [2.45, 2.75) is 6.92 Å². The molecule has 6 nitrogen and oxygen atoms in total. The Kier molecular flexibility index (Phi) is 4.26. The molecule has 1 amide bonds. The second kappa shape index (κ2) is 5.94. The molecule has 20 heavy (non-hydrogen) atoms. The van der Waals surface area contributed by atoms with Crippen molar-refractivity contribution in [1.29, 1.82) is 0 Å².